The molecule has 0 saturated heterocycles. The minimum absolute atomic E-state index is 0.0735. The van der Waals surface area contributed by atoms with Gasteiger partial charge in [0.1, 0.15) is 5.69 Å². The van der Waals surface area contributed by atoms with Gasteiger partial charge in [-0.2, -0.15) is 0 Å². The molecule has 0 aliphatic rings. The smallest absolute Gasteiger partial charge is 0.181 e. The Morgan fingerprint density at radius 3 is 2.79 bits per heavy atom. The number of aromatic nitrogens is 5. The van der Waals surface area contributed by atoms with Crippen molar-refractivity contribution in [3.63, 3.8) is 0 Å². The zero-order valence-corrected chi connectivity index (χ0v) is 12.7. The fraction of sp³-hybridized carbons (Fsp3) is 0.118. The van der Waals surface area contributed by atoms with E-state index in [1.54, 1.807) is 41.9 Å². The first-order valence-electron chi connectivity index (χ1n) is 7.39. The van der Waals surface area contributed by atoms with Gasteiger partial charge in [0, 0.05) is 35.9 Å². The van der Waals surface area contributed by atoms with Crippen molar-refractivity contribution in [2.75, 3.05) is 0 Å². The van der Waals surface area contributed by atoms with E-state index in [1.807, 2.05) is 12.1 Å². The van der Waals surface area contributed by atoms with Crippen LogP contribution in [-0.2, 0) is 17.8 Å². The van der Waals surface area contributed by atoms with E-state index < -0.39 is 0 Å². The molecule has 0 N–H and O–H groups in total. The van der Waals surface area contributed by atoms with Crippen LogP contribution in [0.5, 0.6) is 0 Å². The zero-order chi connectivity index (χ0) is 16.4. The molecule has 0 atom stereocenters. The average Bonchev–Trinajstić information content (AvgIpc) is 3.27. The highest BCUT2D eigenvalue weighted by atomic mass is 16.3. The molecule has 0 unspecified atom stereocenters. The van der Waals surface area contributed by atoms with Gasteiger partial charge in [-0.15, -0.1) is 0 Å². The van der Waals surface area contributed by atoms with Crippen LogP contribution in [0.2, 0.25) is 0 Å². The Kier molecular flexibility index (Phi) is 3.59. The van der Waals surface area contributed by atoms with E-state index in [9.17, 15) is 4.79 Å². The van der Waals surface area contributed by atoms with E-state index in [0.29, 0.717) is 18.0 Å². The van der Waals surface area contributed by atoms with Gasteiger partial charge in [0.15, 0.2) is 17.9 Å². The van der Waals surface area contributed by atoms with Crippen molar-refractivity contribution in [3.05, 3.63) is 61.5 Å². The van der Waals surface area contributed by atoms with Gasteiger partial charge in [0.05, 0.1) is 25.5 Å². The van der Waals surface area contributed by atoms with E-state index >= 15 is 0 Å². The van der Waals surface area contributed by atoms with Crippen LogP contribution in [0.25, 0.3) is 22.2 Å². The topological polar surface area (TPSA) is 86.7 Å². The molecular weight excluding hydrogens is 306 g/mol. The van der Waals surface area contributed by atoms with Gasteiger partial charge < -0.3 is 8.98 Å². The number of hydrogen-bond acceptors (Lipinski definition) is 6. The van der Waals surface area contributed by atoms with Crippen LogP contribution in [0, 0.1) is 0 Å². The van der Waals surface area contributed by atoms with Gasteiger partial charge in [0.25, 0.3) is 0 Å². The van der Waals surface area contributed by atoms with Crippen molar-refractivity contribution < 1.29 is 9.21 Å². The molecule has 4 aromatic rings. The molecule has 0 aliphatic carbocycles. The van der Waals surface area contributed by atoms with Crippen LogP contribution >= 0.6 is 0 Å². The lowest BCUT2D eigenvalue weighted by molar-refractivity contribution is -0.119. The minimum atomic E-state index is 0.0735. The van der Waals surface area contributed by atoms with E-state index in [1.165, 1.54) is 6.39 Å². The molecule has 0 radical (unpaired) electrons. The molecule has 0 saturated carbocycles. The molecule has 0 amide bonds. The molecule has 4 aromatic heterocycles. The Hall–Kier alpha value is -3.35. The van der Waals surface area contributed by atoms with E-state index in [2.05, 4.69) is 19.9 Å². The number of fused-ring (bicyclic) bond motifs is 1. The van der Waals surface area contributed by atoms with Crippen molar-refractivity contribution in [2.24, 2.45) is 0 Å². The molecule has 7 heteroatoms. The molecule has 0 bridgehead atoms. The number of rotatable bonds is 5. The number of carbonyl (C=O) groups is 1. The van der Waals surface area contributed by atoms with Gasteiger partial charge in [-0.3, -0.25) is 14.8 Å². The molecular formula is C17H13N5O2. The summed E-state index contributed by atoms with van der Waals surface area (Å²) in [6.45, 7) is 0.291. The molecule has 118 valence electrons. The second-order valence-electron chi connectivity index (χ2n) is 5.41. The maximum absolute atomic E-state index is 12.1. The van der Waals surface area contributed by atoms with E-state index in [0.717, 1.165) is 16.5 Å². The van der Waals surface area contributed by atoms with Crippen molar-refractivity contribution in [3.8, 4) is 11.5 Å². The normalized spacial score (nSPS) is 11.0. The summed E-state index contributed by atoms with van der Waals surface area (Å²) in [6.07, 6.45) is 11.8. The molecule has 0 aromatic carbocycles. The Labute approximate surface area is 137 Å². The fourth-order valence-corrected chi connectivity index (χ4v) is 2.50. The predicted molar refractivity (Wildman–Crippen MR) is 86.0 cm³/mol. The molecule has 0 spiro atoms. The first-order chi connectivity index (χ1) is 11.8. The summed E-state index contributed by atoms with van der Waals surface area (Å²) in [5.41, 5.74) is 1.42. The van der Waals surface area contributed by atoms with Crippen LogP contribution in [0.15, 0.2) is 60.3 Å². The quantitative estimate of drug-likeness (QED) is 0.561. The van der Waals surface area contributed by atoms with Crippen LogP contribution < -0.4 is 0 Å². The molecule has 4 rings (SSSR count). The van der Waals surface area contributed by atoms with Crippen molar-refractivity contribution in [1.82, 2.24) is 24.5 Å². The number of nitrogens with zero attached hydrogens (tertiary/aromatic N) is 5. The van der Waals surface area contributed by atoms with Crippen LogP contribution in [0.4, 0.5) is 0 Å². The third-order valence-corrected chi connectivity index (χ3v) is 3.64. The Balaban J connectivity index is 1.58. The lowest BCUT2D eigenvalue weighted by Gasteiger charge is -2.04. The van der Waals surface area contributed by atoms with Crippen molar-refractivity contribution in [2.45, 2.75) is 13.0 Å². The van der Waals surface area contributed by atoms with Gasteiger partial charge in [-0.05, 0) is 17.5 Å². The summed E-state index contributed by atoms with van der Waals surface area (Å²) in [5, 5.41) is 1.86. The largest absolute Gasteiger partial charge is 0.442 e. The third-order valence-electron chi connectivity index (χ3n) is 3.64. The monoisotopic (exact) mass is 319 g/mol. The van der Waals surface area contributed by atoms with Gasteiger partial charge in [0.2, 0.25) is 0 Å². The van der Waals surface area contributed by atoms with Crippen LogP contribution in [0.1, 0.15) is 5.69 Å². The summed E-state index contributed by atoms with van der Waals surface area (Å²) in [7, 11) is 0. The molecule has 0 fully saturated rings. The molecule has 0 aliphatic heterocycles. The highest BCUT2D eigenvalue weighted by Gasteiger charge is 2.09. The first-order valence-corrected chi connectivity index (χ1v) is 7.39. The summed E-state index contributed by atoms with van der Waals surface area (Å²) >= 11 is 0. The highest BCUT2D eigenvalue weighted by molar-refractivity contribution is 5.86. The second-order valence-corrected chi connectivity index (χ2v) is 5.41. The lowest BCUT2D eigenvalue weighted by atomic mass is 10.1. The number of Topliss-reactive ketones (excluding diaryl/α,β-unsaturated/α-hetero) is 1. The maximum Gasteiger partial charge on any atom is 0.181 e. The summed E-state index contributed by atoms with van der Waals surface area (Å²) in [6, 6.07) is 3.81. The summed E-state index contributed by atoms with van der Waals surface area (Å²) in [5.74, 6) is 0.677. The standard InChI is InChI=1S/C17H13N5O2/c23-15(9-22-2-1-18-10-22)5-14-3-12-4-16(17-8-19-11-24-17)21-7-13(12)6-20-14/h1-4,6-8,10-11H,5,9H2. The first kappa shape index (κ1) is 14.3. The van der Waals surface area contributed by atoms with Gasteiger partial charge in [-0.1, -0.05) is 0 Å². The lowest BCUT2D eigenvalue weighted by Crippen LogP contribution is -2.12. The third kappa shape index (κ3) is 2.91. The fourth-order valence-electron chi connectivity index (χ4n) is 2.50. The highest BCUT2D eigenvalue weighted by Crippen LogP contribution is 2.21. The van der Waals surface area contributed by atoms with Crippen molar-refractivity contribution >= 4 is 16.6 Å². The second kappa shape index (κ2) is 6.04. The van der Waals surface area contributed by atoms with Crippen molar-refractivity contribution in [1.29, 1.82) is 0 Å². The number of pyridine rings is 2. The molecule has 24 heavy (non-hydrogen) atoms. The Morgan fingerprint density at radius 1 is 1.08 bits per heavy atom. The van der Waals surface area contributed by atoms with Gasteiger partial charge >= 0.3 is 0 Å². The predicted octanol–water partition coefficient (Wildman–Crippen LogP) is 2.29. The Morgan fingerprint density at radius 2 is 2.00 bits per heavy atom. The number of hydrogen-bond donors (Lipinski definition) is 0. The number of oxazole rings is 1. The maximum atomic E-state index is 12.1. The van der Waals surface area contributed by atoms with Crippen LogP contribution in [0.3, 0.4) is 0 Å². The average molecular weight is 319 g/mol. The van der Waals surface area contributed by atoms with Gasteiger partial charge in [-0.25, -0.2) is 9.97 Å². The number of ketones is 1. The number of imidazole rings is 1. The minimum Gasteiger partial charge on any atom is -0.442 e. The SMILES string of the molecule is O=C(Cc1cc2cc(-c3cnco3)ncc2cn1)Cn1ccnc1. The van der Waals surface area contributed by atoms with E-state index in [-0.39, 0.29) is 12.2 Å². The summed E-state index contributed by atoms with van der Waals surface area (Å²) in [4.78, 5) is 28.7. The zero-order valence-electron chi connectivity index (χ0n) is 12.7. The van der Waals surface area contributed by atoms with E-state index in [4.69, 9.17) is 4.42 Å². The van der Waals surface area contributed by atoms with Crippen LogP contribution in [-0.4, -0.2) is 30.3 Å². The summed E-state index contributed by atoms with van der Waals surface area (Å²) < 4.78 is 7.02. The Bertz CT molecular complexity index is 978. The molecule has 7 nitrogen and oxygen atoms in total. The number of carbonyl (C=O) groups excluding carboxylic acids is 1. The molecule has 4 heterocycles.